The molecule has 1 aliphatic heterocycles. The molecule has 0 radical (unpaired) electrons. The number of hydrogen-bond donors (Lipinski definition) is 0. The molecule has 0 unspecified atom stereocenters. The Labute approximate surface area is 171 Å². The smallest absolute Gasteiger partial charge is 0.246 e. The minimum Gasteiger partial charge on any atom is -0.338 e. The maximum Gasteiger partial charge on any atom is 0.246 e. The maximum absolute atomic E-state index is 12.6. The number of halogens is 1. The number of aromatic nitrogens is 5. The third-order valence-electron chi connectivity index (χ3n) is 4.61. The summed E-state index contributed by atoms with van der Waals surface area (Å²) in [5.41, 5.74) is 1.91. The predicted molar refractivity (Wildman–Crippen MR) is 107 cm³/mol. The fourth-order valence-electron chi connectivity index (χ4n) is 3.11. The zero-order chi connectivity index (χ0) is 19.5. The number of benzene rings is 1. The lowest BCUT2D eigenvalue weighted by atomic mass is 10.2. The minimum atomic E-state index is 0.00390. The van der Waals surface area contributed by atoms with Gasteiger partial charge in [0.1, 0.15) is 6.54 Å². The van der Waals surface area contributed by atoms with Crippen LogP contribution < -0.4 is 0 Å². The van der Waals surface area contributed by atoms with Crippen molar-refractivity contribution < 1.29 is 4.79 Å². The van der Waals surface area contributed by atoms with Gasteiger partial charge in [-0.05, 0) is 36.4 Å². The quantitative estimate of drug-likeness (QED) is 0.632. The van der Waals surface area contributed by atoms with Gasteiger partial charge in [0, 0.05) is 48.7 Å². The Morgan fingerprint density at radius 1 is 1.18 bits per heavy atom. The summed E-state index contributed by atoms with van der Waals surface area (Å²) in [4.78, 5) is 22.6. The van der Waals surface area contributed by atoms with E-state index in [0.717, 1.165) is 35.9 Å². The van der Waals surface area contributed by atoms with Gasteiger partial charge in [0.25, 0.3) is 0 Å². The Morgan fingerprint density at radius 3 is 2.61 bits per heavy atom. The molecule has 10 heteroatoms. The number of carbonyl (C=O) groups excluding carboxylic acids is 1. The molecule has 146 valence electrons. The van der Waals surface area contributed by atoms with Crippen molar-refractivity contribution in [1.82, 2.24) is 35.0 Å². The molecule has 0 spiro atoms. The van der Waals surface area contributed by atoms with E-state index in [1.807, 2.05) is 24.0 Å². The molecule has 1 amide bonds. The summed E-state index contributed by atoms with van der Waals surface area (Å²) in [6, 6.07) is 7.20. The monoisotopic (exact) mass is 417 g/mol. The molecule has 3 aromatic rings. The van der Waals surface area contributed by atoms with Gasteiger partial charge in [-0.1, -0.05) is 11.6 Å². The fourth-order valence-corrected chi connectivity index (χ4v) is 3.84. The summed E-state index contributed by atoms with van der Waals surface area (Å²) in [7, 11) is 0. The van der Waals surface area contributed by atoms with Gasteiger partial charge in [-0.25, -0.2) is 4.98 Å². The largest absolute Gasteiger partial charge is 0.338 e. The second-order valence-corrected chi connectivity index (χ2v) is 8.16. The van der Waals surface area contributed by atoms with E-state index in [0.29, 0.717) is 23.9 Å². The summed E-state index contributed by atoms with van der Waals surface area (Å²) in [5.74, 6) is 0.483. The van der Waals surface area contributed by atoms with E-state index in [-0.39, 0.29) is 12.5 Å². The van der Waals surface area contributed by atoms with Gasteiger partial charge in [-0.15, -0.1) is 21.5 Å². The van der Waals surface area contributed by atoms with E-state index >= 15 is 0 Å². The van der Waals surface area contributed by atoms with Crippen molar-refractivity contribution in [3.8, 4) is 11.4 Å². The van der Waals surface area contributed by atoms with Crippen LogP contribution in [0.15, 0.2) is 29.6 Å². The molecule has 0 N–H and O–H groups in total. The second kappa shape index (κ2) is 8.34. The highest BCUT2D eigenvalue weighted by Crippen LogP contribution is 2.17. The van der Waals surface area contributed by atoms with Gasteiger partial charge in [0.15, 0.2) is 0 Å². The van der Waals surface area contributed by atoms with Crippen molar-refractivity contribution in [3.63, 3.8) is 0 Å². The molecule has 1 aromatic carbocycles. The van der Waals surface area contributed by atoms with Crippen LogP contribution in [0.2, 0.25) is 5.02 Å². The Hall–Kier alpha value is -2.36. The number of piperazine rings is 1. The van der Waals surface area contributed by atoms with Gasteiger partial charge in [-0.3, -0.25) is 9.69 Å². The Balaban J connectivity index is 1.29. The topological polar surface area (TPSA) is 80.0 Å². The fraction of sp³-hybridized carbons (Fsp3) is 0.389. The first kappa shape index (κ1) is 19.0. The number of aryl methyl sites for hydroxylation is 1. The third-order valence-corrected chi connectivity index (χ3v) is 5.68. The van der Waals surface area contributed by atoms with Crippen LogP contribution in [0, 0.1) is 6.92 Å². The minimum absolute atomic E-state index is 0.00390. The highest BCUT2D eigenvalue weighted by atomic mass is 35.5. The normalized spacial score (nSPS) is 15.1. The highest BCUT2D eigenvalue weighted by molar-refractivity contribution is 7.09. The lowest BCUT2D eigenvalue weighted by molar-refractivity contribution is -0.134. The average Bonchev–Trinajstić information content (AvgIpc) is 3.32. The predicted octanol–water partition coefficient (Wildman–Crippen LogP) is 2.10. The van der Waals surface area contributed by atoms with Gasteiger partial charge < -0.3 is 4.90 Å². The molecule has 28 heavy (non-hydrogen) atoms. The van der Waals surface area contributed by atoms with Gasteiger partial charge in [-0.2, -0.15) is 4.80 Å². The maximum atomic E-state index is 12.6. The zero-order valence-electron chi connectivity index (χ0n) is 15.5. The van der Waals surface area contributed by atoms with E-state index in [9.17, 15) is 4.79 Å². The first-order valence-corrected chi connectivity index (χ1v) is 10.3. The van der Waals surface area contributed by atoms with Gasteiger partial charge in [0.2, 0.25) is 11.7 Å². The van der Waals surface area contributed by atoms with Crippen LogP contribution in [0.4, 0.5) is 0 Å². The molecule has 1 fully saturated rings. The molecule has 3 heterocycles. The number of carbonyl (C=O) groups is 1. The van der Waals surface area contributed by atoms with Crippen molar-refractivity contribution in [2.45, 2.75) is 20.0 Å². The molecule has 1 saturated heterocycles. The van der Waals surface area contributed by atoms with E-state index in [2.05, 4.69) is 30.7 Å². The number of thiazole rings is 1. The molecule has 8 nitrogen and oxygen atoms in total. The lowest BCUT2D eigenvalue weighted by Crippen LogP contribution is -2.49. The lowest BCUT2D eigenvalue weighted by Gasteiger charge is -2.34. The molecule has 0 aliphatic carbocycles. The first-order chi connectivity index (χ1) is 13.6. The van der Waals surface area contributed by atoms with Crippen LogP contribution in [0.1, 0.15) is 10.7 Å². The van der Waals surface area contributed by atoms with Crippen LogP contribution in [0.5, 0.6) is 0 Å². The van der Waals surface area contributed by atoms with Crippen molar-refractivity contribution >= 4 is 28.8 Å². The second-order valence-electron chi connectivity index (χ2n) is 6.67. The van der Waals surface area contributed by atoms with Crippen LogP contribution in [0.3, 0.4) is 0 Å². The number of hydrogen-bond acceptors (Lipinski definition) is 7. The number of rotatable bonds is 5. The number of tetrazole rings is 1. The summed E-state index contributed by atoms with van der Waals surface area (Å²) in [6.45, 7) is 6.00. The Bertz CT molecular complexity index is 947. The molecular weight excluding hydrogens is 398 g/mol. The van der Waals surface area contributed by atoms with Crippen molar-refractivity contribution in [2.24, 2.45) is 0 Å². The molecule has 0 saturated carbocycles. The third kappa shape index (κ3) is 4.54. The van der Waals surface area contributed by atoms with Crippen LogP contribution in [-0.2, 0) is 17.9 Å². The molecular formula is C18H20ClN7OS. The zero-order valence-corrected chi connectivity index (χ0v) is 17.0. The van der Waals surface area contributed by atoms with E-state index in [1.165, 1.54) is 4.80 Å². The molecule has 1 aliphatic rings. The van der Waals surface area contributed by atoms with Gasteiger partial charge >= 0.3 is 0 Å². The Kier molecular flexibility index (Phi) is 5.65. The number of nitrogens with zero attached hydrogens (tertiary/aromatic N) is 7. The van der Waals surface area contributed by atoms with Crippen molar-refractivity contribution in [3.05, 3.63) is 45.4 Å². The van der Waals surface area contributed by atoms with Crippen molar-refractivity contribution in [1.29, 1.82) is 0 Å². The molecule has 4 rings (SSSR count). The van der Waals surface area contributed by atoms with Crippen molar-refractivity contribution in [2.75, 3.05) is 26.2 Å². The van der Waals surface area contributed by atoms with E-state index in [4.69, 9.17) is 11.6 Å². The standard InChI is InChI=1S/C18H20ClN7OS/c1-13-20-16(12-28-13)10-24-6-8-25(9-7-24)17(27)11-26-22-18(21-23-26)14-2-4-15(19)5-3-14/h2-5,12H,6-11H2,1H3. The summed E-state index contributed by atoms with van der Waals surface area (Å²) < 4.78 is 0. The molecule has 0 bridgehead atoms. The number of amides is 1. The highest BCUT2D eigenvalue weighted by Gasteiger charge is 2.22. The summed E-state index contributed by atoms with van der Waals surface area (Å²) in [5, 5.41) is 16.2. The Morgan fingerprint density at radius 2 is 1.93 bits per heavy atom. The van der Waals surface area contributed by atoms with E-state index in [1.54, 1.807) is 23.5 Å². The first-order valence-electron chi connectivity index (χ1n) is 9.02. The molecule has 0 atom stereocenters. The van der Waals surface area contributed by atoms with Crippen LogP contribution >= 0.6 is 22.9 Å². The van der Waals surface area contributed by atoms with E-state index < -0.39 is 0 Å². The summed E-state index contributed by atoms with van der Waals surface area (Å²) >= 11 is 7.57. The average molecular weight is 418 g/mol. The van der Waals surface area contributed by atoms with Crippen LogP contribution in [-0.4, -0.2) is 67.1 Å². The molecule has 2 aromatic heterocycles. The summed E-state index contributed by atoms with van der Waals surface area (Å²) in [6.07, 6.45) is 0. The SMILES string of the molecule is Cc1nc(CN2CCN(C(=O)Cn3nnc(-c4ccc(Cl)cc4)n3)CC2)cs1. The van der Waals surface area contributed by atoms with Crippen LogP contribution in [0.25, 0.3) is 11.4 Å². The van der Waals surface area contributed by atoms with Gasteiger partial charge in [0.05, 0.1) is 10.7 Å².